The molecule has 0 spiro atoms. The van der Waals surface area contributed by atoms with E-state index >= 15 is 0 Å². The van der Waals surface area contributed by atoms with Gasteiger partial charge in [0.2, 0.25) is 0 Å². The predicted octanol–water partition coefficient (Wildman–Crippen LogP) is 4.48. The molecule has 0 heteroatoms. The van der Waals surface area contributed by atoms with E-state index in [0.29, 0.717) is 0 Å². The fourth-order valence-electron chi connectivity index (χ4n) is 1.48. The van der Waals surface area contributed by atoms with Crippen LogP contribution in [-0.2, 0) is 12.8 Å². The number of hydrogen-bond donors (Lipinski definition) is 0. The number of allylic oxidation sites excluding steroid dienone is 5. The zero-order chi connectivity index (χ0) is 11.8. The van der Waals surface area contributed by atoms with E-state index in [2.05, 4.69) is 56.8 Å². The summed E-state index contributed by atoms with van der Waals surface area (Å²) in [4.78, 5) is 0. The normalized spacial score (nSPS) is 12.0. The van der Waals surface area contributed by atoms with Gasteiger partial charge in [-0.2, -0.15) is 0 Å². The van der Waals surface area contributed by atoms with E-state index in [1.165, 1.54) is 16.7 Å². The van der Waals surface area contributed by atoms with E-state index < -0.39 is 0 Å². The minimum atomic E-state index is 0.997. The first-order valence-electron chi connectivity index (χ1n) is 5.80. The van der Waals surface area contributed by atoms with Crippen molar-refractivity contribution >= 4 is 0 Å². The van der Waals surface area contributed by atoms with E-state index in [1.54, 1.807) is 6.08 Å². The average molecular weight is 212 g/mol. The number of aryl methyl sites for hydroxylation is 1. The molecule has 0 atom stereocenters. The summed E-state index contributed by atoms with van der Waals surface area (Å²) in [6.45, 7) is 7.95. The van der Waals surface area contributed by atoms with Crippen LogP contribution in [0.3, 0.4) is 0 Å². The largest absolute Gasteiger partial charge is 0.0991 e. The minimum absolute atomic E-state index is 0.997. The van der Waals surface area contributed by atoms with E-state index in [9.17, 15) is 0 Å². The molecule has 1 aromatic rings. The van der Waals surface area contributed by atoms with Crippen molar-refractivity contribution in [2.75, 3.05) is 0 Å². The van der Waals surface area contributed by atoms with Crippen LogP contribution in [0.1, 0.15) is 25.0 Å². The first kappa shape index (κ1) is 12.5. The second-order valence-corrected chi connectivity index (χ2v) is 3.92. The van der Waals surface area contributed by atoms with Crippen molar-refractivity contribution in [2.24, 2.45) is 0 Å². The van der Waals surface area contributed by atoms with E-state index in [1.807, 2.05) is 6.08 Å². The van der Waals surface area contributed by atoms with E-state index in [-0.39, 0.29) is 0 Å². The van der Waals surface area contributed by atoms with Crippen molar-refractivity contribution in [3.05, 3.63) is 71.8 Å². The highest BCUT2D eigenvalue weighted by Crippen LogP contribution is 2.07. The Morgan fingerprint density at radius 2 is 1.81 bits per heavy atom. The highest BCUT2D eigenvalue weighted by molar-refractivity contribution is 5.27. The van der Waals surface area contributed by atoms with Crippen LogP contribution in [0.2, 0.25) is 0 Å². The summed E-state index contributed by atoms with van der Waals surface area (Å²) >= 11 is 0. The van der Waals surface area contributed by atoms with Gasteiger partial charge in [0, 0.05) is 0 Å². The molecule has 0 unspecified atom stereocenters. The van der Waals surface area contributed by atoms with Gasteiger partial charge < -0.3 is 0 Å². The first-order chi connectivity index (χ1) is 7.76. The maximum absolute atomic E-state index is 3.66. The van der Waals surface area contributed by atoms with E-state index in [4.69, 9.17) is 0 Å². The third-order valence-electron chi connectivity index (χ3n) is 2.59. The topological polar surface area (TPSA) is 0 Å². The van der Waals surface area contributed by atoms with Crippen molar-refractivity contribution in [3.8, 4) is 0 Å². The summed E-state index contributed by atoms with van der Waals surface area (Å²) in [5, 5.41) is 0. The summed E-state index contributed by atoms with van der Waals surface area (Å²) in [6, 6.07) is 8.83. The second-order valence-electron chi connectivity index (χ2n) is 3.92. The van der Waals surface area contributed by atoms with Gasteiger partial charge in [0.15, 0.2) is 0 Å². The lowest BCUT2D eigenvalue weighted by molar-refractivity contribution is 1.13. The fraction of sp³-hybridized carbons (Fsp3) is 0.250. The van der Waals surface area contributed by atoms with Gasteiger partial charge in [-0.05, 0) is 30.9 Å². The van der Waals surface area contributed by atoms with Crippen LogP contribution in [0.4, 0.5) is 0 Å². The molecule has 0 saturated heterocycles. The molecule has 0 saturated carbocycles. The number of rotatable bonds is 5. The molecule has 0 heterocycles. The molecule has 0 N–H and O–H groups in total. The van der Waals surface area contributed by atoms with Crippen LogP contribution in [-0.4, -0.2) is 0 Å². The van der Waals surface area contributed by atoms with Crippen LogP contribution < -0.4 is 0 Å². The summed E-state index contributed by atoms with van der Waals surface area (Å²) in [6.07, 6.45) is 10.2. The lowest BCUT2D eigenvalue weighted by Crippen LogP contribution is -1.84. The van der Waals surface area contributed by atoms with Gasteiger partial charge in [-0.25, -0.2) is 0 Å². The molecule has 0 nitrogen and oxygen atoms in total. The van der Waals surface area contributed by atoms with Crippen molar-refractivity contribution in [2.45, 2.75) is 26.7 Å². The smallest absolute Gasteiger partial charge is 0.00917 e. The van der Waals surface area contributed by atoms with Crippen molar-refractivity contribution < 1.29 is 0 Å². The molecule has 0 aromatic heterocycles. The Hall–Kier alpha value is -1.56. The van der Waals surface area contributed by atoms with Gasteiger partial charge in [-0.3, -0.25) is 0 Å². The lowest BCUT2D eigenvalue weighted by Gasteiger charge is -2.00. The Labute approximate surface area is 99.0 Å². The monoisotopic (exact) mass is 212 g/mol. The van der Waals surface area contributed by atoms with Crippen LogP contribution in [0.5, 0.6) is 0 Å². The fourth-order valence-corrected chi connectivity index (χ4v) is 1.48. The standard InChI is InChI=1S/C16H20/c1-4-6-7-14(3)8-9-16-12-10-15(5-2)11-13-16/h4,6-8,10-13H,1,5,9H2,2-3H3/b7-6-,14-8-. The predicted molar refractivity (Wildman–Crippen MR) is 72.6 cm³/mol. The Morgan fingerprint density at radius 1 is 1.19 bits per heavy atom. The Bertz CT molecular complexity index is 377. The molecule has 0 aliphatic rings. The molecular formula is C16H20. The quantitative estimate of drug-likeness (QED) is 0.631. The van der Waals surface area contributed by atoms with Crippen LogP contribution in [0, 0.1) is 0 Å². The Balaban J connectivity index is 2.59. The SMILES string of the molecule is C=C/C=C\C(C)=C/Cc1ccc(CC)cc1. The number of hydrogen-bond acceptors (Lipinski definition) is 0. The molecule has 0 amide bonds. The molecule has 1 aromatic carbocycles. The van der Waals surface area contributed by atoms with Gasteiger partial charge in [-0.15, -0.1) is 0 Å². The number of benzene rings is 1. The molecular weight excluding hydrogens is 192 g/mol. The molecule has 16 heavy (non-hydrogen) atoms. The first-order valence-corrected chi connectivity index (χ1v) is 5.80. The maximum atomic E-state index is 3.66. The van der Waals surface area contributed by atoms with Gasteiger partial charge in [0.05, 0.1) is 0 Å². The van der Waals surface area contributed by atoms with Crippen molar-refractivity contribution in [3.63, 3.8) is 0 Å². The maximum Gasteiger partial charge on any atom is -0.00917 e. The third kappa shape index (κ3) is 4.31. The zero-order valence-corrected chi connectivity index (χ0v) is 10.2. The highest BCUT2D eigenvalue weighted by Gasteiger charge is 1.91. The molecule has 0 fully saturated rings. The Morgan fingerprint density at radius 3 is 2.38 bits per heavy atom. The van der Waals surface area contributed by atoms with Crippen LogP contribution in [0.15, 0.2) is 60.7 Å². The average Bonchev–Trinajstić information content (AvgIpc) is 2.34. The summed E-state index contributed by atoms with van der Waals surface area (Å²) in [5.74, 6) is 0. The molecule has 0 aliphatic heterocycles. The van der Waals surface area contributed by atoms with Gasteiger partial charge in [0.25, 0.3) is 0 Å². The van der Waals surface area contributed by atoms with Crippen LogP contribution >= 0.6 is 0 Å². The van der Waals surface area contributed by atoms with Crippen molar-refractivity contribution in [1.29, 1.82) is 0 Å². The summed E-state index contributed by atoms with van der Waals surface area (Å²) in [5.41, 5.74) is 4.04. The van der Waals surface area contributed by atoms with Gasteiger partial charge in [0.1, 0.15) is 0 Å². The molecule has 1 rings (SSSR count). The minimum Gasteiger partial charge on any atom is -0.0991 e. The Kier molecular flexibility index (Phi) is 5.35. The van der Waals surface area contributed by atoms with Gasteiger partial charge >= 0.3 is 0 Å². The highest BCUT2D eigenvalue weighted by atomic mass is 14.0. The van der Waals surface area contributed by atoms with Crippen molar-refractivity contribution in [1.82, 2.24) is 0 Å². The summed E-state index contributed by atoms with van der Waals surface area (Å²) in [7, 11) is 0. The molecule has 0 radical (unpaired) electrons. The third-order valence-corrected chi connectivity index (χ3v) is 2.59. The molecule has 0 bridgehead atoms. The van der Waals surface area contributed by atoms with Gasteiger partial charge in [-0.1, -0.05) is 67.6 Å². The summed E-state index contributed by atoms with van der Waals surface area (Å²) < 4.78 is 0. The second kappa shape index (κ2) is 6.84. The van der Waals surface area contributed by atoms with E-state index in [0.717, 1.165) is 12.8 Å². The van der Waals surface area contributed by atoms with Crippen LogP contribution in [0.25, 0.3) is 0 Å². The zero-order valence-electron chi connectivity index (χ0n) is 10.2. The lowest BCUT2D eigenvalue weighted by atomic mass is 10.1. The molecule has 0 aliphatic carbocycles. The molecule has 84 valence electrons.